The first-order valence-electron chi connectivity index (χ1n) is 10.7. The number of nitrogens with one attached hydrogen (secondary N) is 1. The van der Waals surface area contributed by atoms with Gasteiger partial charge in [0.25, 0.3) is 0 Å². The van der Waals surface area contributed by atoms with Crippen molar-refractivity contribution in [3.8, 4) is 0 Å². The van der Waals surface area contributed by atoms with Gasteiger partial charge in [0.1, 0.15) is 0 Å². The predicted molar refractivity (Wildman–Crippen MR) is 115 cm³/mol. The Balaban J connectivity index is 1.48. The summed E-state index contributed by atoms with van der Waals surface area (Å²) in [5, 5.41) is 3.24. The molecule has 2 saturated heterocycles. The van der Waals surface area contributed by atoms with Gasteiger partial charge in [0.05, 0.1) is 12.0 Å². The molecule has 1 N–H and O–H groups in total. The maximum Gasteiger partial charge on any atom is 0.227 e. The van der Waals surface area contributed by atoms with Gasteiger partial charge in [0.2, 0.25) is 11.8 Å². The first-order valence-corrected chi connectivity index (χ1v) is 10.7. The standard InChI is InChI=1S/C24H29N3O3/c1-16-5-6-21(12-17(16)2)27-15-20(13-22(27)28)24(29)26-23(18-7-10-30-11-8-18)19-4-3-9-25-14-19/h3-6,9,12,14,18,20,23H,7-8,10-11,13,15H2,1-2H3,(H,26,29). The van der Waals surface area contributed by atoms with E-state index < -0.39 is 0 Å². The number of hydrogen-bond donors (Lipinski definition) is 1. The number of hydrogen-bond acceptors (Lipinski definition) is 4. The lowest BCUT2D eigenvalue weighted by molar-refractivity contribution is -0.127. The van der Waals surface area contributed by atoms with E-state index in [4.69, 9.17) is 4.74 Å². The van der Waals surface area contributed by atoms with Crippen LogP contribution in [0.1, 0.15) is 42.0 Å². The van der Waals surface area contributed by atoms with Crippen molar-refractivity contribution in [3.05, 3.63) is 59.4 Å². The summed E-state index contributed by atoms with van der Waals surface area (Å²) in [4.78, 5) is 31.8. The van der Waals surface area contributed by atoms with Gasteiger partial charge in [-0.2, -0.15) is 0 Å². The molecule has 30 heavy (non-hydrogen) atoms. The highest BCUT2D eigenvalue weighted by atomic mass is 16.5. The number of aromatic nitrogens is 1. The molecule has 3 heterocycles. The van der Waals surface area contributed by atoms with Gasteiger partial charge < -0.3 is 15.0 Å². The fourth-order valence-corrected chi connectivity index (χ4v) is 4.38. The van der Waals surface area contributed by atoms with Crippen LogP contribution in [0.15, 0.2) is 42.7 Å². The van der Waals surface area contributed by atoms with Crippen LogP contribution in [0.4, 0.5) is 5.69 Å². The van der Waals surface area contributed by atoms with Crippen molar-refractivity contribution in [2.75, 3.05) is 24.7 Å². The van der Waals surface area contributed by atoms with E-state index in [2.05, 4.69) is 17.2 Å². The summed E-state index contributed by atoms with van der Waals surface area (Å²) in [7, 11) is 0. The number of carbonyl (C=O) groups excluding carboxylic acids is 2. The summed E-state index contributed by atoms with van der Waals surface area (Å²) in [5.41, 5.74) is 4.21. The van der Waals surface area contributed by atoms with Crippen LogP contribution in [0, 0.1) is 25.7 Å². The van der Waals surface area contributed by atoms with Crippen molar-refractivity contribution in [1.29, 1.82) is 0 Å². The van der Waals surface area contributed by atoms with Gasteiger partial charge in [0, 0.05) is 44.3 Å². The van der Waals surface area contributed by atoms with Crippen LogP contribution in [0.3, 0.4) is 0 Å². The summed E-state index contributed by atoms with van der Waals surface area (Å²) in [6.45, 7) is 5.92. The van der Waals surface area contributed by atoms with Gasteiger partial charge in [0.15, 0.2) is 0 Å². The van der Waals surface area contributed by atoms with Crippen LogP contribution in [-0.4, -0.2) is 36.6 Å². The molecule has 2 atom stereocenters. The maximum absolute atomic E-state index is 13.2. The Hall–Kier alpha value is -2.73. The highest BCUT2D eigenvalue weighted by Gasteiger charge is 2.37. The van der Waals surface area contributed by atoms with E-state index in [0.29, 0.717) is 25.7 Å². The summed E-state index contributed by atoms with van der Waals surface area (Å²) in [6.07, 6.45) is 5.60. The molecule has 2 unspecified atom stereocenters. The number of amides is 2. The number of benzene rings is 1. The van der Waals surface area contributed by atoms with Crippen molar-refractivity contribution in [1.82, 2.24) is 10.3 Å². The van der Waals surface area contributed by atoms with Gasteiger partial charge in [-0.05, 0) is 67.5 Å². The molecule has 0 spiro atoms. The van der Waals surface area contributed by atoms with E-state index in [-0.39, 0.29) is 30.2 Å². The maximum atomic E-state index is 13.2. The first-order chi connectivity index (χ1) is 14.5. The molecule has 4 rings (SSSR count). The average Bonchev–Trinajstić information content (AvgIpc) is 3.17. The molecule has 0 aliphatic carbocycles. The molecule has 0 bridgehead atoms. The van der Waals surface area contributed by atoms with E-state index in [1.165, 1.54) is 5.56 Å². The molecule has 2 aliphatic rings. The highest BCUT2D eigenvalue weighted by molar-refractivity contribution is 6.00. The Morgan fingerprint density at radius 2 is 2.00 bits per heavy atom. The lowest BCUT2D eigenvalue weighted by Crippen LogP contribution is -2.40. The molecule has 6 nitrogen and oxygen atoms in total. The van der Waals surface area contributed by atoms with Crippen molar-refractivity contribution in [2.45, 2.75) is 39.2 Å². The zero-order valence-corrected chi connectivity index (χ0v) is 17.6. The van der Waals surface area contributed by atoms with Gasteiger partial charge in [-0.25, -0.2) is 0 Å². The largest absolute Gasteiger partial charge is 0.381 e. The number of ether oxygens (including phenoxy) is 1. The molecule has 1 aromatic carbocycles. The summed E-state index contributed by atoms with van der Waals surface area (Å²) >= 11 is 0. The smallest absolute Gasteiger partial charge is 0.227 e. The Labute approximate surface area is 177 Å². The van der Waals surface area contributed by atoms with Crippen molar-refractivity contribution in [3.63, 3.8) is 0 Å². The third-order valence-corrected chi connectivity index (χ3v) is 6.38. The third kappa shape index (κ3) is 4.38. The number of aryl methyl sites for hydroxylation is 2. The van der Waals surface area contributed by atoms with Gasteiger partial charge in [-0.1, -0.05) is 12.1 Å². The van der Waals surface area contributed by atoms with Crippen molar-refractivity contribution < 1.29 is 14.3 Å². The zero-order valence-electron chi connectivity index (χ0n) is 17.6. The van der Waals surface area contributed by atoms with Crippen molar-refractivity contribution in [2.24, 2.45) is 11.8 Å². The Morgan fingerprint density at radius 3 is 2.70 bits per heavy atom. The number of carbonyl (C=O) groups is 2. The summed E-state index contributed by atoms with van der Waals surface area (Å²) < 4.78 is 5.51. The average molecular weight is 408 g/mol. The molecule has 2 fully saturated rings. The Kier molecular flexibility index (Phi) is 6.13. The second-order valence-electron chi connectivity index (χ2n) is 8.40. The number of anilines is 1. The van der Waals surface area contributed by atoms with Gasteiger partial charge in [-0.15, -0.1) is 0 Å². The molecular weight excluding hydrogens is 378 g/mol. The second-order valence-corrected chi connectivity index (χ2v) is 8.40. The van der Waals surface area contributed by atoms with Crippen LogP contribution < -0.4 is 10.2 Å². The van der Waals surface area contributed by atoms with E-state index in [1.54, 1.807) is 11.1 Å². The lowest BCUT2D eigenvalue weighted by Gasteiger charge is -2.31. The molecule has 158 valence electrons. The van der Waals surface area contributed by atoms with Crippen LogP contribution in [0.5, 0.6) is 0 Å². The Morgan fingerprint density at radius 1 is 1.20 bits per heavy atom. The molecular formula is C24H29N3O3. The number of rotatable bonds is 5. The van der Waals surface area contributed by atoms with Crippen LogP contribution >= 0.6 is 0 Å². The van der Waals surface area contributed by atoms with Crippen LogP contribution in [-0.2, 0) is 14.3 Å². The molecule has 2 aliphatic heterocycles. The number of pyridine rings is 1. The van der Waals surface area contributed by atoms with Gasteiger partial charge >= 0.3 is 0 Å². The summed E-state index contributed by atoms with van der Waals surface area (Å²) in [5.74, 6) is -0.101. The second kappa shape index (κ2) is 8.96. The first kappa shape index (κ1) is 20.5. The predicted octanol–water partition coefficient (Wildman–Crippen LogP) is 3.34. The van der Waals surface area contributed by atoms with E-state index in [0.717, 1.165) is 29.7 Å². The van der Waals surface area contributed by atoms with Crippen molar-refractivity contribution >= 4 is 17.5 Å². The molecule has 2 amide bonds. The van der Waals surface area contributed by atoms with E-state index >= 15 is 0 Å². The minimum atomic E-state index is -0.349. The zero-order chi connectivity index (χ0) is 21.1. The minimum Gasteiger partial charge on any atom is -0.381 e. The fraction of sp³-hybridized carbons (Fsp3) is 0.458. The highest BCUT2D eigenvalue weighted by Crippen LogP contribution is 2.32. The summed E-state index contributed by atoms with van der Waals surface area (Å²) in [6, 6.07) is 9.80. The quantitative estimate of drug-likeness (QED) is 0.825. The van der Waals surface area contributed by atoms with Crippen LogP contribution in [0.25, 0.3) is 0 Å². The third-order valence-electron chi connectivity index (χ3n) is 6.38. The van der Waals surface area contributed by atoms with E-state index in [1.807, 2.05) is 43.5 Å². The topological polar surface area (TPSA) is 71.5 Å². The Bertz CT molecular complexity index is 909. The van der Waals surface area contributed by atoms with Gasteiger partial charge in [-0.3, -0.25) is 14.6 Å². The molecule has 0 radical (unpaired) electrons. The fourth-order valence-electron chi connectivity index (χ4n) is 4.38. The monoisotopic (exact) mass is 407 g/mol. The van der Waals surface area contributed by atoms with E-state index in [9.17, 15) is 9.59 Å². The SMILES string of the molecule is Cc1ccc(N2CC(C(=O)NC(c3cccnc3)C3CCOCC3)CC2=O)cc1C. The number of nitrogens with zero attached hydrogens (tertiary/aromatic N) is 2. The molecule has 1 aromatic heterocycles. The van der Waals surface area contributed by atoms with Crippen LogP contribution in [0.2, 0.25) is 0 Å². The minimum absolute atomic E-state index is 0.00222. The normalized spacial score (nSPS) is 20.9. The molecule has 6 heteroatoms. The molecule has 0 saturated carbocycles. The molecule has 2 aromatic rings. The lowest BCUT2D eigenvalue weighted by atomic mass is 9.87.